The van der Waals surface area contributed by atoms with Gasteiger partial charge in [-0.3, -0.25) is 9.89 Å². The van der Waals surface area contributed by atoms with Gasteiger partial charge >= 0.3 is 0 Å². The molecule has 7 heteroatoms. The molecule has 3 heterocycles. The maximum absolute atomic E-state index is 11.9. The highest BCUT2D eigenvalue weighted by Crippen LogP contribution is 2.21. The van der Waals surface area contributed by atoms with E-state index in [-0.39, 0.29) is 11.7 Å². The summed E-state index contributed by atoms with van der Waals surface area (Å²) in [7, 11) is 0. The molecule has 0 radical (unpaired) electrons. The van der Waals surface area contributed by atoms with Crippen LogP contribution in [0.25, 0.3) is 0 Å². The SMILES string of the molecule is O=C(Nc1n[nH]c2c1CCNC2)c1ccc(Br)o1. The van der Waals surface area contributed by atoms with E-state index in [1.165, 1.54) is 0 Å². The molecule has 0 aromatic carbocycles. The fourth-order valence-corrected chi connectivity index (χ4v) is 2.26. The molecule has 18 heavy (non-hydrogen) atoms. The summed E-state index contributed by atoms with van der Waals surface area (Å²) >= 11 is 3.16. The molecule has 3 rings (SSSR count). The molecule has 0 atom stereocenters. The van der Waals surface area contributed by atoms with Crippen LogP contribution in [0.4, 0.5) is 5.82 Å². The first-order chi connectivity index (χ1) is 8.74. The normalized spacial score (nSPS) is 14.3. The number of furan rings is 1. The van der Waals surface area contributed by atoms with Gasteiger partial charge in [0.25, 0.3) is 5.91 Å². The number of amides is 1. The third-order valence-electron chi connectivity index (χ3n) is 2.84. The molecule has 0 saturated carbocycles. The Morgan fingerprint density at radius 3 is 3.17 bits per heavy atom. The Hall–Kier alpha value is -1.60. The van der Waals surface area contributed by atoms with E-state index in [1.807, 2.05) is 0 Å². The van der Waals surface area contributed by atoms with E-state index in [9.17, 15) is 4.79 Å². The standard InChI is InChI=1S/C11H11BrN4O2/c12-9-2-1-8(18-9)11(17)14-10-6-3-4-13-5-7(6)15-16-10/h1-2,13H,3-5H2,(H2,14,15,16,17). The molecule has 1 amide bonds. The Bertz CT molecular complexity index is 590. The van der Waals surface area contributed by atoms with Gasteiger partial charge in [-0.15, -0.1) is 0 Å². The van der Waals surface area contributed by atoms with Gasteiger partial charge < -0.3 is 15.1 Å². The Labute approximate surface area is 111 Å². The van der Waals surface area contributed by atoms with Crippen molar-refractivity contribution in [3.8, 4) is 0 Å². The summed E-state index contributed by atoms with van der Waals surface area (Å²) in [6, 6.07) is 3.29. The van der Waals surface area contributed by atoms with Gasteiger partial charge in [0.1, 0.15) is 0 Å². The summed E-state index contributed by atoms with van der Waals surface area (Å²) in [5.41, 5.74) is 2.09. The largest absolute Gasteiger partial charge is 0.444 e. The van der Waals surface area contributed by atoms with Gasteiger partial charge in [0.15, 0.2) is 16.2 Å². The number of halogens is 1. The van der Waals surface area contributed by atoms with E-state index in [2.05, 4.69) is 36.8 Å². The van der Waals surface area contributed by atoms with Gasteiger partial charge in [-0.2, -0.15) is 5.10 Å². The van der Waals surface area contributed by atoms with Crippen molar-refractivity contribution in [1.29, 1.82) is 0 Å². The number of hydrogen-bond donors (Lipinski definition) is 3. The molecule has 0 bridgehead atoms. The summed E-state index contributed by atoms with van der Waals surface area (Å²) in [6.07, 6.45) is 0.850. The molecule has 2 aromatic heterocycles. The van der Waals surface area contributed by atoms with Gasteiger partial charge in [-0.25, -0.2) is 0 Å². The molecule has 2 aromatic rings. The summed E-state index contributed by atoms with van der Waals surface area (Å²) in [5, 5.41) is 13.0. The number of carbonyl (C=O) groups is 1. The van der Waals surface area contributed by atoms with Crippen molar-refractivity contribution < 1.29 is 9.21 Å². The summed E-state index contributed by atoms with van der Waals surface area (Å²) in [5.74, 6) is 0.546. The van der Waals surface area contributed by atoms with E-state index in [0.29, 0.717) is 10.5 Å². The predicted octanol–water partition coefficient (Wildman–Crippen LogP) is 1.66. The lowest BCUT2D eigenvalue weighted by Gasteiger charge is -2.12. The average molecular weight is 311 g/mol. The molecule has 0 saturated heterocycles. The predicted molar refractivity (Wildman–Crippen MR) is 68.4 cm³/mol. The van der Waals surface area contributed by atoms with E-state index >= 15 is 0 Å². The Balaban J connectivity index is 1.80. The van der Waals surface area contributed by atoms with Crippen molar-refractivity contribution in [1.82, 2.24) is 15.5 Å². The number of H-pyrrole nitrogens is 1. The summed E-state index contributed by atoms with van der Waals surface area (Å²) in [6.45, 7) is 1.65. The second-order valence-corrected chi connectivity index (χ2v) is 4.80. The van der Waals surface area contributed by atoms with Gasteiger partial charge in [-0.05, 0) is 41.0 Å². The topological polar surface area (TPSA) is 83.0 Å². The highest BCUT2D eigenvalue weighted by Gasteiger charge is 2.19. The third kappa shape index (κ3) is 2.06. The Morgan fingerprint density at radius 1 is 1.50 bits per heavy atom. The molecular formula is C11H11BrN4O2. The van der Waals surface area contributed by atoms with Crippen LogP contribution in [0, 0.1) is 0 Å². The fraction of sp³-hybridized carbons (Fsp3) is 0.273. The number of aromatic nitrogens is 2. The molecule has 0 aliphatic carbocycles. The number of carbonyl (C=O) groups excluding carboxylic acids is 1. The van der Waals surface area contributed by atoms with Crippen LogP contribution in [0.3, 0.4) is 0 Å². The first kappa shape index (κ1) is 11.5. The quantitative estimate of drug-likeness (QED) is 0.788. The van der Waals surface area contributed by atoms with E-state index in [0.717, 1.165) is 30.8 Å². The zero-order valence-corrected chi connectivity index (χ0v) is 11.0. The minimum absolute atomic E-state index is 0.257. The van der Waals surface area contributed by atoms with Crippen LogP contribution in [0.15, 0.2) is 21.2 Å². The van der Waals surface area contributed by atoms with Crippen molar-refractivity contribution in [2.45, 2.75) is 13.0 Å². The highest BCUT2D eigenvalue weighted by atomic mass is 79.9. The number of fused-ring (bicyclic) bond motifs is 1. The van der Waals surface area contributed by atoms with Gasteiger partial charge in [0.05, 0.1) is 5.69 Å². The number of nitrogens with one attached hydrogen (secondary N) is 3. The summed E-state index contributed by atoms with van der Waals surface area (Å²) in [4.78, 5) is 11.9. The van der Waals surface area contributed by atoms with Crippen molar-refractivity contribution in [2.24, 2.45) is 0 Å². The van der Waals surface area contributed by atoms with Crippen molar-refractivity contribution in [3.05, 3.63) is 33.8 Å². The van der Waals surface area contributed by atoms with Crippen LogP contribution in [-0.4, -0.2) is 22.6 Å². The number of nitrogens with zero attached hydrogens (tertiary/aromatic N) is 1. The molecule has 94 valence electrons. The number of aromatic amines is 1. The van der Waals surface area contributed by atoms with Gasteiger partial charge in [0.2, 0.25) is 0 Å². The van der Waals surface area contributed by atoms with Crippen LogP contribution in [0.1, 0.15) is 21.8 Å². The van der Waals surface area contributed by atoms with Crippen LogP contribution in [-0.2, 0) is 13.0 Å². The van der Waals surface area contributed by atoms with Crippen LogP contribution in [0.2, 0.25) is 0 Å². The maximum Gasteiger partial charge on any atom is 0.292 e. The molecule has 1 aliphatic rings. The lowest BCUT2D eigenvalue weighted by Crippen LogP contribution is -2.24. The second kappa shape index (κ2) is 4.58. The first-order valence-corrected chi connectivity index (χ1v) is 6.37. The molecule has 0 fully saturated rings. The lowest BCUT2D eigenvalue weighted by molar-refractivity contribution is 0.0995. The number of rotatable bonds is 2. The molecular weight excluding hydrogens is 300 g/mol. The molecule has 3 N–H and O–H groups in total. The molecule has 6 nitrogen and oxygen atoms in total. The van der Waals surface area contributed by atoms with Crippen molar-refractivity contribution in [3.63, 3.8) is 0 Å². The lowest BCUT2D eigenvalue weighted by atomic mass is 10.1. The second-order valence-electron chi connectivity index (χ2n) is 4.01. The average Bonchev–Trinajstić information content (AvgIpc) is 2.97. The van der Waals surface area contributed by atoms with E-state index < -0.39 is 0 Å². The smallest absolute Gasteiger partial charge is 0.292 e. The summed E-state index contributed by atoms with van der Waals surface area (Å²) < 4.78 is 5.72. The first-order valence-electron chi connectivity index (χ1n) is 5.57. The van der Waals surface area contributed by atoms with Crippen LogP contribution < -0.4 is 10.6 Å². The van der Waals surface area contributed by atoms with E-state index in [4.69, 9.17) is 4.42 Å². The third-order valence-corrected chi connectivity index (χ3v) is 3.26. The number of anilines is 1. The Kier molecular flexibility index (Phi) is 2.92. The van der Waals surface area contributed by atoms with Crippen LogP contribution >= 0.6 is 15.9 Å². The fourth-order valence-electron chi connectivity index (χ4n) is 1.95. The minimum atomic E-state index is -0.298. The zero-order chi connectivity index (χ0) is 12.5. The van der Waals surface area contributed by atoms with Gasteiger partial charge in [0, 0.05) is 12.1 Å². The maximum atomic E-state index is 11.9. The zero-order valence-electron chi connectivity index (χ0n) is 9.42. The minimum Gasteiger partial charge on any atom is -0.444 e. The van der Waals surface area contributed by atoms with E-state index in [1.54, 1.807) is 12.1 Å². The Morgan fingerprint density at radius 2 is 2.39 bits per heavy atom. The molecule has 0 unspecified atom stereocenters. The van der Waals surface area contributed by atoms with Gasteiger partial charge in [-0.1, -0.05) is 0 Å². The molecule has 1 aliphatic heterocycles. The van der Waals surface area contributed by atoms with Crippen molar-refractivity contribution in [2.75, 3.05) is 11.9 Å². The van der Waals surface area contributed by atoms with Crippen LogP contribution in [0.5, 0.6) is 0 Å². The molecule has 0 spiro atoms. The monoisotopic (exact) mass is 310 g/mol. The number of hydrogen-bond acceptors (Lipinski definition) is 4. The van der Waals surface area contributed by atoms with Crippen molar-refractivity contribution >= 4 is 27.7 Å². The highest BCUT2D eigenvalue weighted by molar-refractivity contribution is 9.10.